The second-order valence-corrected chi connectivity index (χ2v) is 3.19. The van der Waals surface area contributed by atoms with Crippen LogP contribution in [0.4, 0.5) is 4.39 Å². The van der Waals surface area contributed by atoms with Gasteiger partial charge in [0.2, 0.25) is 0 Å². The van der Waals surface area contributed by atoms with Gasteiger partial charge in [0.25, 0.3) is 0 Å². The fourth-order valence-corrected chi connectivity index (χ4v) is 1.62. The highest BCUT2D eigenvalue weighted by Crippen LogP contribution is 2.15. The van der Waals surface area contributed by atoms with Gasteiger partial charge in [-0.25, -0.2) is 0 Å². The van der Waals surface area contributed by atoms with Crippen molar-refractivity contribution in [2.45, 2.75) is 12.8 Å². The third-order valence-corrected chi connectivity index (χ3v) is 2.24. The molecule has 1 atom stereocenters. The summed E-state index contributed by atoms with van der Waals surface area (Å²) in [4.78, 5) is 2.13. The number of alkyl halides is 1. The molecule has 1 fully saturated rings. The Balaban J connectivity index is 2.21. The standard InChI is InChI=1S/C8H16FNO/c9-6-8-2-1-3-10(7-8)4-5-11/h8,11H,1-7H2/t8-/m0/s1. The van der Waals surface area contributed by atoms with E-state index < -0.39 is 0 Å². The minimum absolute atomic E-state index is 0.193. The molecule has 1 N–H and O–H groups in total. The third-order valence-electron chi connectivity index (χ3n) is 2.24. The third kappa shape index (κ3) is 2.75. The topological polar surface area (TPSA) is 23.5 Å². The molecule has 1 saturated heterocycles. The van der Waals surface area contributed by atoms with Gasteiger partial charge in [-0.05, 0) is 19.4 Å². The number of aliphatic hydroxyl groups excluding tert-OH is 1. The number of hydrogen-bond acceptors (Lipinski definition) is 2. The quantitative estimate of drug-likeness (QED) is 0.657. The number of hydrogen-bond donors (Lipinski definition) is 1. The van der Waals surface area contributed by atoms with Gasteiger partial charge in [-0.2, -0.15) is 0 Å². The normalized spacial score (nSPS) is 27.3. The van der Waals surface area contributed by atoms with Gasteiger partial charge >= 0.3 is 0 Å². The highest BCUT2D eigenvalue weighted by Gasteiger charge is 2.18. The maximum atomic E-state index is 12.2. The molecule has 0 aromatic rings. The maximum Gasteiger partial charge on any atom is 0.0934 e. The molecule has 2 nitrogen and oxygen atoms in total. The Morgan fingerprint density at radius 2 is 2.36 bits per heavy atom. The van der Waals surface area contributed by atoms with Gasteiger partial charge in [0.15, 0.2) is 0 Å². The van der Waals surface area contributed by atoms with Crippen LogP contribution in [0.3, 0.4) is 0 Å². The summed E-state index contributed by atoms with van der Waals surface area (Å²) in [7, 11) is 0. The summed E-state index contributed by atoms with van der Waals surface area (Å²) in [5.41, 5.74) is 0. The van der Waals surface area contributed by atoms with Crippen molar-refractivity contribution < 1.29 is 9.50 Å². The molecule has 1 rings (SSSR count). The van der Waals surface area contributed by atoms with Crippen LogP contribution in [-0.4, -0.2) is 42.9 Å². The van der Waals surface area contributed by atoms with E-state index >= 15 is 0 Å². The van der Waals surface area contributed by atoms with Crippen LogP contribution in [0.25, 0.3) is 0 Å². The average Bonchev–Trinajstić information content (AvgIpc) is 2.06. The van der Waals surface area contributed by atoms with Gasteiger partial charge in [0, 0.05) is 19.0 Å². The molecule has 3 heteroatoms. The van der Waals surface area contributed by atoms with E-state index in [1.807, 2.05) is 0 Å². The van der Waals surface area contributed by atoms with E-state index in [1.54, 1.807) is 0 Å². The lowest BCUT2D eigenvalue weighted by atomic mass is 10.00. The average molecular weight is 161 g/mol. The highest BCUT2D eigenvalue weighted by molar-refractivity contribution is 4.71. The molecule has 0 radical (unpaired) electrons. The Morgan fingerprint density at radius 1 is 1.55 bits per heavy atom. The number of nitrogens with zero attached hydrogens (tertiary/aromatic N) is 1. The molecule has 0 amide bonds. The summed E-state index contributed by atoms with van der Waals surface area (Å²) in [6.45, 7) is 2.55. The van der Waals surface area contributed by atoms with Crippen LogP contribution in [-0.2, 0) is 0 Å². The Morgan fingerprint density at radius 3 is 3.00 bits per heavy atom. The molecule has 0 saturated carbocycles. The van der Waals surface area contributed by atoms with Crippen LogP contribution < -0.4 is 0 Å². The van der Waals surface area contributed by atoms with E-state index in [0.717, 1.165) is 25.9 Å². The second kappa shape index (κ2) is 4.67. The van der Waals surface area contributed by atoms with Gasteiger partial charge in [0.05, 0.1) is 13.3 Å². The molecule has 0 unspecified atom stereocenters. The first-order chi connectivity index (χ1) is 5.36. The fourth-order valence-electron chi connectivity index (χ4n) is 1.62. The SMILES string of the molecule is OCCN1CCC[C@@H](CF)C1. The van der Waals surface area contributed by atoms with Gasteiger partial charge in [0.1, 0.15) is 0 Å². The van der Waals surface area contributed by atoms with E-state index in [2.05, 4.69) is 4.90 Å². The zero-order valence-electron chi connectivity index (χ0n) is 6.80. The number of rotatable bonds is 3. The van der Waals surface area contributed by atoms with E-state index in [4.69, 9.17) is 5.11 Å². The largest absolute Gasteiger partial charge is 0.395 e. The molecule has 0 aromatic heterocycles. The van der Waals surface area contributed by atoms with E-state index in [0.29, 0.717) is 6.54 Å². The molecule has 0 spiro atoms. The van der Waals surface area contributed by atoms with Crippen molar-refractivity contribution in [1.29, 1.82) is 0 Å². The van der Waals surface area contributed by atoms with Crippen molar-refractivity contribution in [2.75, 3.05) is 32.9 Å². The number of halogens is 1. The number of aliphatic hydroxyl groups is 1. The highest BCUT2D eigenvalue weighted by atomic mass is 19.1. The summed E-state index contributed by atoms with van der Waals surface area (Å²) in [6.07, 6.45) is 2.09. The molecule has 1 aliphatic heterocycles. The monoisotopic (exact) mass is 161 g/mol. The van der Waals surface area contributed by atoms with Crippen LogP contribution in [0.1, 0.15) is 12.8 Å². The fraction of sp³-hybridized carbons (Fsp3) is 1.00. The molecule has 0 aromatic carbocycles. The van der Waals surface area contributed by atoms with Crippen molar-refractivity contribution in [1.82, 2.24) is 4.90 Å². The molecular formula is C8H16FNO. The lowest BCUT2D eigenvalue weighted by molar-refractivity contribution is 0.127. The van der Waals surface area contributed by atoms with Gasteiger partial charge in [-0.3, -0.25) is 4.39 Å². The van der Waals surface area contributed by atoms with Crippen molar-refractivity contribution in [3.8, 4) is 0 Å². The van der Waals surface area contributed by atoms with Crippen LogP contribution in [0, 0.1) is 5.92 Å². The zero-order chi connectivity index (χ0) is 8.10. The zero-order valence-corrected chi connectivity index (χ0v) is 6.80. The van der Waals surface area contributed by atoms with Crippen LogP contribution in [0.5, 0.6) is 0 Å². The Hall–Kier alpha value is -0.150. The van der Waals surface area contributed by atoms with Crippen LogP contribution in [0.15, 0.2) is 0 Å². The molecule has 1 heterocycles. The molecule has 11 heavy (non-hydrogen) atoms. The second-order valence-electron chi connectivity index (χ2n) is 3.19. The molecular weight excluding hydrogens is 145 g/mol. The number of β-amino-alcohol motifs (C(OH)–C–C–N with tert-alkyl or cyclic N) is 1. The van der Waals surface area contributed by atoms with Crippen molar-refractivity contribution in [3.05, 3.63) is 0 Å². The molecule has 66 valence electrons. The predicted octanol–water partition coefficient (Wildman–Crippen LogP) is 0.660. The number of piperidine rings is 1. The first kappa shape index (κ1) is 8.94. The summed E-state index contributed by atoms with van der Waals surface area (Å²) in [6, 6.07) is 0. The van der Waals surface area contributed by atoms with E-state index in [1.165, 1.54) is 0 Å². The summed E-state index contributed by atoms with van der Waals surface area (Å²) >= 11 is 0. The van der Waals surface area contributed by atoms with E-state index in [9.17, 15) is 4.39 Å². The Bertz CT molecular complexity index is 108. The molecule has 0 bridgehead atoms. The number of likely N-dealkylation sites (tertiary alicyclic amines) is 1. The molecule has 0 aliphatic carbocycles. The summed E-state index contributed by atoms with van der Waals surface area (Å²) in [5.74, 6) is 0.218. The smallest absolute Gasteiger partial charge is 0.0934 e. The van der Waals surface area contributed by atoms with Crippen LogP contribution in [0.2, 0.25) is 0 Å². The minimum atomic E-state index is -0.206. The van der Waals surface area contributed by atoms with Crippen LogP contribution >= 0.6 is 0 Å². The van der Waals surface area contributed by atoms with Gasteiger partial charge in [-0.1, -0.05) is 0 Å². The lowest BCUT2D eigenvalue weighted by Crippen LogP contribution is -2.37. The van der Waals surface area contributed by atoms with Crippen molar-refractivity contribution in [3.63, 3.8) is 0 Å². The van der Waals surface area contributed by atoms with Crippen molar-refractivity contribution in [2.24, 2.45) is 5.92 Å². The van der Waals surface area contributed by atoms with Gasteiger partial charge < -0.3 is 10.0 Å². The Kier molecular flexibility index (Phi) is 3.80. The van der Waals surface area contributed by atoms with Crippen molar-refractivity contribution >= 4 is 0 Å². The Labute approximate surface area is 67.0 Å². The first-order valence-corrected chi connectivity index (χ1v) is 4.26. The predicted molar refractivity (Wildman–Crippen MR) is 42.2 cm³/mol. The maximum absolute atomic E-state index is 12.2. The summed E-state index contributed by atoms with van der Waals surface area (Å²) < 4.78 is 12.2. The summed E-state index contributed by atoms with van der Waals surface area (Å²) in [5, 5.41) is 8.64. The lowest BCUT2D eigenvalue weighted by Gasteiger charge is -2.30. The van der Waals surface area contributed by atoms with Gasteiger partial charge in [-0.15, -0.1) is 0 Å². The van der Waals surface area contributed by atoms with E-state index in [-0.39, 0.29) is 19.2 Å². The minimum Gasteiger partial charge on any atom is -0.395 e. The molecule has 1 aliphatic rings. The first-order valence-electron chi connectivity index (χ1n) is 4.26.